The number of ether oxygens (including phenoxy) is 2. The average molecular weight is 447 g/mol. The molecule has 0 aliphatic carbocycles. The molecule has 1 aliphatic heterocycles. The van der Waals surface area contributed by atoms with Gasteiger partial charge in [-0.15, -0.1) is 5.92 Å². The molecule has 0 spiro atoms. The SMILES string of the molecule is CC#CCOc1cnc(C(=O)Nc2ccc(F)c([C@]3(C(F)F)COCC(N)=N3)c2)c(C)n1. The molecule has 2 aromatic rings. The summed E-state index contributed by atoms with van der Waals surface area (Å²) < 4.78 is 52.8. The summed E-state index contributed by atoms with van der Waals surface area (Å²) in [4.78, 5) is 24.6. The number of nitrogens with zero attached hydrogens (tertiary/aromatic N) is 3. The van der Waals surface area contributed by atoms with E-state index in [1.165, 1.54) is 12.3 Å². The van der Waals surface area contributed by atoms with E-state index in [0.29, 0.717) is 0 Å². The van der Waals surface area contributed by atoms with Crippen molar-refractivity contribution in [1.82, 2.24) is 9.97 Å². The van der Waals surface area contributed by atoms with Gasteiger partial charge in [-0.2, -0.15) is 0 Å². The lowest BCUT2D eigenvalue weighted by atomic mass is 9.90. The summed E-state index contributed by atoms with van der Waals surface area (Å²) in [5, 5.41) is 2.51. The smallest absolute Gasteiger partial charge is 0.276 e. The molecule has 0 unspecified atom stereocenters. The van der Waals surface area contributed by atoms with Crippen LogP contribution in [0.3, 0.4) is 0 Å². The number of anilines is 1. The van der Waals surface area contributed by atoms with Crippen LogP contribution in [0.2, 0.25) is 0 Å². The van der Waals surface area contributed by atoms with Gasteiger partial charge < -0.3 is 20.5 Å². The lowest BCUT2D eigenvalue weighted by Crippen LogP contribution is -2.45. The van der Waals surface area contributed by atoms with Crippen molar-refractivity contribution >= 4 is 17.4 Å². The van der Waals surface area contributed by atoms with Crippen LogP contribution in [-0.4, -0.2) is 48.0 Å². The molecule has 0 bridgehead atoms. The van der Waals surface area contributed by atoms with Crippen LogP contribution in [0.25, 0.3) is 0 Å². The zero-order valence-corrected chi connectivity index (χ0v) is 17.3. The molecule has 3 rings (SSSR count). The van der Waals surface area contributed by atoms with Crippen LogP contribution in [0, 0.1) is 24.6 Å². The van der Waals surface area contributed by atoms with Crippen LogP contribution < -0.4 is 15.8 Å². The Kier molecular flexibility index (Phi) is 6.95. The Hall–Kier alpha value is -3.65. The normalized spacial score (nSPS) is 17.9. The molecular weight excluding hydrogens is 427 g/mol. The second-order valence-corrected chi connectivity index (χ2v) is 6.83. The van der Waals surface area contributed by atoms with Crippen LogP contribution in [-0.2, 0) is 10.3 Å². The number of alkyl halides is 2. The van der Waals surface area contributed by atoms with Gasteiger partial charge in [-0.25, -0.2) is 23.1 Å². The van der Waals surface area contributed by atoms with E-state index in [9.17, 15) is 18.0 Å². The third kappa shape index (κ3) is 4.81. The van der Waals surface area contributed by atoms with Crippen molar-refractivity contribution in [2.24, 2.45) is 10.7 Å². The summed E-state index contributed by atoms with van der Waals surface area (Å²) in [7, 11) is 0. The highest BCUT2D eigenvalue weighted by Crippen LogP contribution is 2.38. The van der Waals surface area contributed by atoms with Gasteiger partial charge in [-0.05, 0) is 32.0 Å². The van der Waals surface area contributed by atoms with Gasteiger partial charge in [0.1, 0.15) is 24.0 Å². The molecule has 1 amide bonds. The number of amidine groups is 1. The minimum absolute atomic E-state index is 0.0170. The highest BCUT2D eigenvalue weighted by molar-refractivity contribution is 6.03. The van der Waals surface area contributed by atoms with E-state index in [1.807, 2.05) is 0 Å². The van der Waals surface area contributed by atoms with Gasteiger partial charge in [0.2, 0.25) is 5.88 Å². The Labute approximate surface area is 182 Å². The van der Waals surface area contributed by atoms with Crippen LogP contribution in [0.4, 0.5) is 18.9 Å². The summed E-state index contributed by atoms with van der Waals surface area (Å²) in [6.45, 7) is 2.65. The van der Waals surface area contributed by atoms with Gasteiger partial charge in [0.15, 0.2) is 12.1 Å². The molecule has 0 radical (unpaired) electrons. The monoisotopic (exact) mass is 447 g/mol. The van der Waals surface area contributed by atoms with E-state index in [4.69, 9.17) is 15.2 Å². The average Bonchev–Trinajstić information content (AvgIpc) is 2.75. The number of aromatic nitrogens is 2. The molecule has 3 N–H and O–H groups in total. The fraction of sp³-hybridized carbons (Fsp3) is 0.333. The molecule has 168 valence electrons. The van der Waals surface area contributed by atoms with Gasteiger partial charge in [0.25, 0.3) is 12.3 Å². The summed E-state index contributed by atoms with van der Waals surface area (Å²) in [6.07, 6.45) is -1.84. The first kappa shape index (κ1) is 23.0. The Balaban J connectivity index is 1.87. The first-order chi connectivity index (χ1) is 15.3. The number of carbonyl (C=O) groups is 1. The molecule has 2 heterocycles. The van der Waals surface area contributed by atoms with Crippen LogP contribution in [0.15, 0.2) is 29.4 Å². The Morgan fingerprint density at radius 3 is 2.88 bits per heavy atom. The minimum Gasteiger partial charge on any atom is -0.463 e. The number of nitrogens with two attached hydrogens (primary N) is 1. The van der Waals surface area contributed by atoms with Crippen molar-refractivity contribution in [3.63, 3.8) is 0 Å². The van der Waals surface area contributed by atoms with Crippen molar-refractivity contribution in [3.8, 4) is 17.7 Å². The second-order valence-electron chi connectivity index (χ2n) is 6.83. The van der Waals surface area contributed by atoms with Crippen molar-refractivity contribution in [2.45, 2.75) is 25.8 Å². The molecule has 32 heavy (non-hydrogen) atoms. The predicted octanol–water partition coefficient (Wildman–Crippen LogP) is 2.43. The highest BCUT2D eigenvalue weighted by Gasteiger charge is 2.46. The minimum atomic E-state index is -3.10. The lowest BCUT2D eigenvalue weighted by molar-refractivity contribution is -0.0145. The molecule has 8 nitrogen and oxygen atoms in total. The molecule has 1 aromatic carbocycles. The number of nitrogens with one attached hydrogen (secondary N) is 1. The van der Waals surface area contributed by atoms with Gasteiger partial charge in [0, 0.05) is 11.3 Å². The van der Waals surface area contributed by atoms with Gasteiger partial charge in [-0.3, -0.25) is 9.79 Å². The van der Waals surface area contributed by atoms with Crippen molar-refractivity contribution in [2.75, 3.05) is 25.1 Å². The summed E-state index contributed by atoms with van der Waals surface area (Å²) in [5.41, 5.74) is 3.12. The van der Waals surface area contributed by atoms with E-state index < -0.39 is 35.9 Å². The highest BCUT2D eigenvalue weighted by atomic mass is 19.3. The van der Waals surface area contributed by atoms with E-state index in [1.54, 1.807) is 13.8 Å². The molecule has 0 saturated carbocycles. The van der Waals surface area contributed by atoms with Crippen molar-refractivity contribution in [1.29, 1.82) is 0 Å². The first-order valence-electron chi connectivity index (χ1n) is 9.44. The lowest BCUT2D eigenvalue weighted by Gasteiger charge is -2.33. The molecule has 1 atom stereocenters. The van der Waals surface area contributed by atoms with E-state index in [2.05, 4.69) is 32.1 Å². The van der Waals surface area contributed by atoms with Crippen LogP contribution in [0.1, 0.15) is 28.7 Å². The molecule has 0 saturated heterocycles. The Morgan fingerprint density at radius 2 is 2.22 bits per heavy atom. The van der Waals surface area contributed by atoms with E-state index in [-0.39, 0.29) is 42.0 Å². The summed E-state index contributed by atoms with van der Waals surface area (Å²) in [5.74, 6) is 3.79. The number of hydrogen-bond acceptors (Lipinski definition) is 7. The quantitative estimate of drug-likeness (QED) is 0.658. The van der Waals surface area contributed by atoms with E-state index in [0.717, 1.165) is 12.1 Å². The van der Waals surface area contributed by atoms with Crippen molar-refractivity contribution < 1.29 is 27.4 Å². The fourth-order valence-corrected chi connectivity index (χ4v) is 3.06. The number of amides is 1. The largest absolute Gasteiger partial charge is 0.463 e. The number of hydrogen-bond donors (Lipinski definition) is 2. The van der Waals surface area contributed by atoms with Crippen LogP contribution >= 0.6 is 0 Å². The topological polar surface area (TPSA) is 112 Å². The van der Waals surface area contributed by atoms with Crippen LogP contribution in [0.5, 0.6) is 5.88 Å². The van der Waals surface area contributed by atoms with Gasteiger partial charge in [-0.1, -0.05) is 5.92 Å². The number of benzene rings is 1. The predicted molar refractivity (Wildman–Crippen MR) is 110 cm³/mol. The maximum Gasteiger partial charge on any atom is 0.276 e. The summed E-state index contributed by atoms with van der Waals surface area (Å²) >= 11 is 0. The maximum absolute atomic E-state index is 14.5. The molecular formula is C21H20F3N5O3. The number of rotatable bonds is 6. The number of aryl methyl sites for hydroxylation is 1. The fourth-order valence-electron chi connectivity index (χ4n) is 3.06. The number of carbonyl (C=O) groups excluding carboxylic acids is 1. The van der Waals surface area contributed by atoms with Crippen molar-refractivity contribution in [3.05, 3.63) is 47.2 Å². The second kappa shape index (κ2) is 9.65. The Bertz CT molecular complexity index is 1110. The van der Waals surface area contributed by atoms with Gasteiger partial charge >= 0.3 is 0 Å². The maximum atomic E-state index is 14.5. The molecule has 11 heteroatoms. The Morgan fingerprint density at radius 1 is 1.44 bits per heavy atom. The molecule has 1 aromatic heterocycles. The van der Waals surface area contributed by atoms with Gasteiger partial charge in [0.05, 0.1) is 18.5 Å². The third-order valence-electron chi connectivity index (χ3n) is 4.58. The third-order valence-corrected chi connectivity index (χ3v) is 4.58. The van der Waals surface area contributed by atoms with E-state index >= 15 is 0 Å². The molecule has 1 aliphatic rings. The number of aliphatic imine (C=N–C) groups is 1. The zero-order valence-electron chi connectivity index (χ0n) is 17.3. The molecule has 0 fully saturated rings. The first-order valence-corrected chi connectivity index (χ1v) is 9.44. The summed E-state index contributed by atoms with van der Waals surface area (Å²) in [6, 6.07) is 3.27. The standard InChI is InChI=1S/C21H20F3N5O3/c1-3-4-7-32-17-9-26-18(12(2)27-17)19(30)28-13-5-6-15(22)14(8-13)21(20(23)24)11-31-10-16(25)29-21/h5-6,8-9,20H,7,10-11H2,1-2H3,(H2,25,29)(H,28,30)/t21-/m0/s1. The number of halogens is 3. The zero-order chi connectivity index (χ0) is 23.3.